The second-order valence-corrected chi connectivity index (χ2v) is 8.08. The first kappa shape index (κ1) is 22.3. The van der Waals surface area contributed by atoms with Gasteiger partial charge in [-0.05, 0) is 55.0 Å². The van der Waals surface area contributed by atoms with Crippen molar-refractivity contribution in [1.82, 2.24) is 19.8 Å². The van der Waals surface area contributed by atoms with Gasteiger partial charge in [-0.3, -0.25) is 4.79 Å². The van der Waals surface area contributed by atoms with E-state index in [2.05, 4.69) is 20.6 Å². The van der Waals surface area contributed by atoms with Gasteiger partial charge in [-0.25, -0.2) is 0 Å². The minimum absolute atomic E-state index is 0.0575. The van der Waals surface area contributed by atoms with Crippen molar-refractivity contribution in [2.24, 2.45) is 0 Å². The summed E-state index contributed by atoms with van der Waals surface area (Å²) in [5, 5.41) is 13.8. The number of halogens is 4. The van der Waals surface area contributed by atoms with Crippen LogP contribution in [-0.4, -0.2) is 44.7 Å². The number of carbonyl (C=O) groups excluding carboxylic acids is 1. The second kappa shape index (κ2) is 9.32. The number of piperidine rings is 1. The van der Waals surface area contributed by atoms with E-state index in [0.29, 0.717) is 43.5 Å². The van der Waals surface area contributed by atoms with Gasteiger partial charge in [-0.1, -0.05) is 12.1 Å². The molecule has 0 unspecified atom stereocenters. The quantitative estimate of drug-likeness (QED) is 0.542. The van der Waals surface area contributed by atoms with Crippen molar-refractivity contribution in [2.45, 2.75) is 37.8 Å². The Bertz CT molecular complexity index is 1080. The molecule has 3 aromatic rings. The Morgan fingerprint density at radius 1 is 1.09 bits per heavy atom. The molecule has 1 aliphatic heterocycles. The fourth-order valence-corrected chi connectivity index (χ4v) is 3.99. The molecule has 7 nitrogen and oxygen atoms in total. The molecule has 170 valence electrons. The fourth-order valence-electron chi connectivity index (χ4n) is 3.86. The van der Waals surface area contributed by atoms with Crippen LogP contribution in [0.2, 0.25) is 0 Å². The van der Waals surface area contributed by atoms with E-state index in [1.807, 2.05) is 29.2 Å². The maximum absolute atomic E-state index is 13.1. The average molecular weight is 467 g/mol. The van der Waals surface area contributed by atoms with E-state index in [0.717, 1.165) is 23.0 Å². The molecule has 4 rings (SSSR count). The van der Waals surface area contributed by atoms with Crippen LogP contribution in [0.15, 0.2) is 36.4 Å². The minimum Gasteiger partial charge on any atom is -0.355 e. The van der Waals surface area contributed by atoms with Crippen molar-refractivity contribution < 1.29 is 18.0 Å². The summed E-state index contributed by atoms with van der Waals surface area (Å²) in [6.07, 6.45) is -1.90. The highest BCUT2D eigenvalue weighted by Gasteiger charge is 2.38. The van der Waals surface area contributed by atoms with Crippen LogP contribution in [0.25, 0.3) is 5.65 Å². The highest BCUT2D eigenvalue weighted by Crippen LogP contribution is 2.32. The molecule has 1 aromatic carbocycles. The predicted octanol–water partition coefficient (Wildman–Crippen LogP) is 4.48. The lowest BCUT2D eigenvalue weighted by Gasteiger charge is -2.33. The molecular formula is C21H22ClF3N6O. The van der Waals surface area contributed by atoms with Crippen LogP contribution < -0.4 is 10.2 Å². The third kappa shape index (κ3) is 4.95. The first-order chi connectivity index (χ1) is 15.3. The number of hydrogen-bond donors (Lipinski definition) is 1. The maximum atomic E-state index is 13.1. The van der Waals surface area contributed by atoms with Crippen LogP contribution in [-0.2, 0) is 11.0 Å². The summed E-state index contributed by atoms with van der Waals surface area (Å²) < 4.78 is 40.1. The molecule has 1 amide bonds. The van der Waals surface area contributed by atoms with E-state index in [4.69, 9.17) is 11.6 Å². The van der Waals surface area contributed by atoms with Gasteiger partial charge in [0.1, 0.15) is 5.82 Å². The van der Waals surface area contributed by atoms with Crippen LogP contribution in [0.3, 0.4) is 0 Å². The number of hydrogen-bond acceptors (Lipinski definition) is 5. The van der Waals surface area contributed by atoms with Gasteiger partial charge >= 0.3 is 6.18 Å². The van der Waals surface area contributed by atoms with Crippen LogP contribution >= 0.6 is 11.6 Å². The number of anilines is 2. The molecule has 0 radical (unpaired) electrons. The molecule has 1 saturated heterocycles. The molecule has 0 saturated carbocycles. The highest BCUT2D eigenvalue weighted by atomic mass is 35.5. The van der Waals surface area contributed by atoms with Crippen molar-refractivity contribution in [2.75, 3.05) is 29.2 Å². The number of fused-ring (bicyclic) bond motifs is 1. The monoisotopic (exact) mass is 466 g/mol. The number of amides is 1. The Labute approximate surface area is 187 Å². The molecule has 1 aliphatic rings. The van der Waals surface area contributed by atoms with E-state index in [-0.39, 0.29) is 11.6 Å². The van der Waals surface area contributed by atoms with Gasteiger partial charge in [0.15, 0.2) is 5.65 Å². The Kier molecular flexibility index (Phi) is 6.50. The third-order valence-electron chi connectivity index (χ3n) is 5.52. The van der Waals surface area contributed by atoms with Crippen molar-refractivity contribution in [3.05, 3.63) is 47.8 Å². The molecule has 32 heavy (non-hydrogen) atoms. The molecule has 2 aromatic heterocycles. The summed E-state index contributed by atoms with van der Waals surface area (Å²) in [4.78, 5) is 13.8. The van der Waals surface area contributed by atoms with E-state index in [1.54, 1.807) is 6.07 Å². The maximum Gasteiger partial charge on any atom is 0.453 e. The fraction of sp³-hybridized carbons (Fsp3) is 0.429. The van der Waals surface area contributed by atoms with Crippen molar-refractivity contribution in [3.8, 4) is 0 Å². The first-order valence-corrected chi connectivity index (χ1v) is 10.9. The van der Waals surface area contributed by atoms with Crippen molar-refractivity contribution >= 4 is 34.7 Å². The lowest BCUT2D eigenvalue weighted by Crippen LogP contribution is -2.34. The molecule has 1 N–H and O–H groups in total. The third-order valence-corrected chi connectivity index (χ3v) is 5.79. The van der Waals surface area contributed by atoms with Gasteiger partial charge in [-0.15, -0.1) is 26.9 Å². The number of nitrogens with one attached hydrogen (secondary N) is 1. The predicted molar refractivity (Wildman–Crippen MR) is 115 cm³/mol. The zero-order valence-electron chi connectivity index (χ0n) is 17.1. The molecule has 0 aliphatic carbocycles. The van der Waals surface area contributed by atoms with E-state index in [9.17, 15) is 18.0 Å². The van der Waals surface area contributed by atoms with Crippen molar-refractivity contribution in [3.63, 3.8) is 0 Å². The molecule has 0 atom stereocenters. The van der Waals surface area contributed by atoms with Gasteiger partial charge in [0.2, 0.25) is 5.91 Å². The summed E-state index contributed by atoms with van der Waals surface area (Å²) in [5.74, 6) is 0.0711. The zero-order chi connectivity index (χ0) is 22.7. The van der Waals surface area contributed by atoms with Gasteiger partial charge in [0.05, 0.1) is 0 Å². The smallest absolute Gasteiger partial charge is 0.355 e. The van der Waals surface area contributed by atoms with E-state index < -0.39 is 12.0 Å². The van der Waals surface area contributed by atoms with Crippen LogP contribution in [0.4, 0.5) is 24.7 Å². The summed E-state index contributed by atoms with van der Waals surface area (Å²) in [7, 11) is 0. The first-order valence-electron chi connectivity index (χ1n) is 10.4. The summed E-state index contributed by atoms with van der Waals surface area (Å²) in [6, 6.07) is 11.0. The topological polar surface area (TPSA) is 75.4 Å². The molecule has 3 heterocycles. The standard InChI is InChI=1S/C21H22ClF3N6O/c22-11-1-2-19(32)26-16-5-3-14(4-6-16)15-9-12-30(13-10-15)18-8-7-17-27-28-20(21(23,24)25)31(17)29-18/h3-8,15H,1-2,9-13H2,(H,26,32). The van der Waals surface area contributed by atoms with Gasteiger partial charge in [-0.2, -0.15) is 17.7 Å². The van der Waals surface area contributed by atoms with Gasteiger partial charge in [0.25, 0.3) is 5.82 Å². The normalized spacial score (nSPS) is 15.3. The second-order valence-electron chi connectivity index (χ2n) is 7.71. The lowest BCUT2D eigenvalue weighted by atomic mass is 9.89. The Balaban J connectivity index is 1.38. The minimum atomic E-state index is -4.62. The zero-order valence-corrected chi connectivity index (χ0v) is 17.9. The molecule has 0 bridgehead atoms. The number of carbonyl (C=O) groups is 1. The Morgan fingerprint density at radius 2 is 1.81 bits per heavy atom. The summed E-state index contributed by atoms with van der Waals surface area (Å²) >= 11 is 5.61. The highest BCUT2D eigenvalue weighted by molar-refractivity contribution is 6.18. The molecule has 11 heteroatoms. The van der Waals surface area contributed by atoms with Crippen LogP contribution in [0.5, 0.6) is 0 Å². The van der Waals surface area contributed by atoms with E-state index >= 15 is 0 Å². The summed E-state index contributed by atoms with van der Waals surface area (Å²) in [5.41, 5.74) is 1.98. The van der Waals surface area contributed by atoms with Crippen LogP contribution in [0.1, 0.15) is 43.0 Å². The average Bonchev–Trinajstić information content (AvgIpc) is 3.22. The molecule has 0 spiro atoms. The number of alkyl halides is 4. The van der Waals surface area contributed by atoms with Gasteiger partial charge < -0.3 is 10.2 Å². The number of aromatic nitrogens is 4. The number of nitrogens with zero attached hydrogens (tertiary/aromatic N) is 5. The summed E-state index contributed by atoms with van der Waals surface area (Å²) in [6.45, 7) is 1.34. The number of benzene rings is 1. The van der Waals surface area contributed by atoms with Gasteiger partial charge in [0, 0.05) is 31.1 Å². The Hall–Kier alpha value is -2.88. The lowest BCUT2D eigenvalue weighted by molar-refractivity contribution is -0.146. The Morgan fingerprint density at radius 3 is 2.47 bits per heavy atom. The van der Waals surface area contributed by atoms with Crippen LogP contribution in [0, 0.1) is 0 Å². The largest absolute Gasteiger partial charge is 0.453 e. The number of rotatable bonds is 6. The van der Waals surface area contributed by atoms with E-state index in [1.165, 1.54) is 11.6 Å². The molecular weight excluding hydrogens is 445 g/mol. The molecule has 1 fully saturated rings. The van der Waals surface area contributed by atoms with Crippen molar-refractivity contribution in [1.29, 1.82) is 0 Å². The SMILES string of the molecule is O=C(CCCCl)Nc1ccc(C2CCN(c3ccc4nnc(C(F)(F)F)n4n3)CC2)cc1.